The van der Waals surface area contributed by atoms with Gasteiger partial charge in [0.05, 0.1) is 5.69 Å². The summed E-state index contributed by atoms with van der Waals surface area (Å²) in [7, 11) is 0. The van der Waals surface area contributed by atoms with Gasteiger partial charge in [0.15, 0.2) is 0 Å². The van der Waals surface area contributed by atoms with E-state index >= 15 is 0 Å². The summed E-state index contributed by atoms with van der Waals surface area (Å²) in [6, 6.07) is 12.8. The highest BCUT2D eigenvalue weighted by atomic mass is 19.4. The van der Waals surface area contributed by atoms with Crippen LogP contribution in [0.25, 0.3) is 11.3 Å². The number of nitrogens with zero attached hydrogens (tertiary/aromatic N) is 2. The minimum atomic E-state index is -4.73. The van der Waals surface area contributed by atoms with Gasteiger partial charge >= 0.3 is 6.36 Å². The zero-order valence-electron chi connectivity index (χ0n) is 13.5. The van der Waals surface area contributed by atoms with Crippen molar-refractivity contribution in [1.82, 2.24) is 9.97 Å². The molecule has 0 saturated carbocycles. The van der Waals surface area contributed by atoms with Crippen molar-refractivity contribution in [3.8, 4) is 17.0 Å². The SMILES string of the molecule is Cc1nc(Nc2ccc(OC(F)(F)F)cc2)cc(-c2ccc(F)cc2)n1. The van der Waals surface area contributed by atoms with Crippen molar-refractivity contribution in [3.05, 3.63) is 66.2 Å². The molecular formula is C18H13F4N3O. The normalized spacial score (nSPS) is 11.3. The third-order valence-electron chi connectivity index (χ3n) is 3.34. The molecule has 0 bridgehead atoms. The predicted octanol–water partition coefficient (Wildman–Crippen LogP) is 5.23. The van der Waals surface area contributed by atoms with Crippen LogP contribution >= 0.6 is 0 Å². The Kier molecular flexibility index (Phi) is 4.75. The summed E-state index contributed by atoms with van der Waals surface area (Å²) < 4.78 is 53.4. The number of hydrogen-bond donors (Lipinski definition) is 1. The van der Waals surface area contributed by atoms with Crippen molar-refractivity contribution in [2.75, 3.05) is 5.32 Å². The third-order valence-corrected chi connectivity index (χ3v) is 3.34. The van der Waals surface area contributed by atoms with E-state index < -0.39 is 6.36 Å². The predicted molar refractivity (Wildman–Crippen MR) is 88.6 cm³/mol. The lowest BCUT2D eigenvalue weighted by molar-refractivity contribution is -0.274. The Morgan fingerprint density at radius 2 is 1.58 bits per heavy atom. The van der Waals surface area contributed by atoms with Crippen molar-refractivity contribution < 1.29 is 22.3 Å². The summed E-state index contributed by atoms with van der Waals surface area (Å²) in [5, 5.41) is 2.99. The van der Waals surface area contributed by atoms with E-state index in [4.69, 9.17) is 0 Å². The Bertz CT molecular complexity index is 894. The number of nitrogens with one attached hydrogen (secondary N) is 1. The highest BCUT2D eigenvalue weighted by molar-refractivity contribution is 5.65. The van der Waals surface area contributed by atoms with Crippen LogP contribution in [0, 0.1) is 12.7 Å². The van der Waals surface area contributed by atoms with Crippen LogP contribution in [0.1, 0.15) is 5.82 Å². The summed E-state index contributed by atoms with van der Waals surface area (Å²) in [5.41, 5.74) is 1.84. The number of ether oxygens (including phenoxy) is 1. The molecule has 0 aliphatic heterocycles. The Balaban J connectivity index is 1.80. The molecule has 0 unspecified atom stereocenters. The molecular weight excluding hydrogens is 350 g/mol. The number of aromatic nitrogens is 2. The molecule has 134 valence electrons. The minimum Gasteiger partial charge on any atom is -0.406 e. The molecule has 0 amide bonds. The quantitative estimate of drug-likeness (QED) is 0.645. The molecule has 2 aromatic carbocycles. The standard InChI is InChI=1S/C18H13F4N3O/c1-11-23-16(12-2-4-13(19)5-3-12)10-17(24-11)25-14-6-8-15(9-7-14)26-18(20,21)22/h2-10H,1H3,(H,23,24,25). The molecule has 3 rings (SSSR count). The second-order valence-corrected chi connectivity index (χ2v) is 5.39. The highest BCUT2D eigenvalue weighted by Crippen LogP contribution is 2.26. The van der Waals surface area contributed by atoms with E-state index in [0.29, 0.717) is 28.6 Å². The van der Waals surface area contributed by atoms with Gasteiger partial charge in [-0.3, -0.25) is 0 Å². The number of hydrogen-bond acceptors (Lipinski definition) is 4. The zero-order chi connectivity index (χ0) is 18.7. The number of rotatable bonds is 4. The van der Waals surface area contributed by atoms with Crippen molar-refractivity contribution in [2.24, 2.45) is 0 Å². The lowest BCUT2D eigenvalue weighted by atomic mass is 10.1. The van der Waals surface area contributed by atoms with Crippen molar-refractivity contribution >= 4 is 11.5 Å². The fourth-order valence-electron chi connectivity index (χ4n) is 2.29. The highest BCUT2D eigenvalue weighted by Gasteiger charge is 2.30. The number of halogens is 4. The van der Waals surface area contributed by atoms with Gasteiger partial charge in [0.1, 0.15) is 23.2 Å². The summed E-state index contributed by atoms with van der Waals surface area (Å²) in [6.07, 6.45) is -4.73. The molecule has 0 atom stereocenters. The number of benzene rings is 2. The molecule has 0 radical (unpaired) electrons. The van der Waals surface area contributed by atoms with Crippen LogP contribution < -0.4 is 10.1 Å². The van der Waals surface area contributed by atoms with Gasteiger partial charge in [-0.1, -0.05) is 0 Å². The lowest BCUT2D eigenvalue weighted by Crippen LogP contribution is -2.16. The van der Waals surface area contributed by atoms with Crippen molar-refractivity contribution in [3.63, 3.8) is 0 Å². The first kappa shape index (κ1) is 17.7. The zero-order valence-corrected chi connectivity index (χ0v) is 13.5. The molecule has 0 spiro atoms. The Labute approximate surface area is 146 Å². The number of aryl methyl sites for hydroxylation is 1. The smallest absolute Gasteiger partial charge is 0.406 e. The molecule has 26 heavy (non-hydrogen) atoms. The van der Waals surface area contributed by atoms with E-state index in [1.54, 1.807) is 25.1 Å². The van der Waals surface area contributed by atoms with Gasteiger partial charge in [0.25, 0.3) is 0 Å². The average molecular weight is 363 g/mol. The topological polar surface area (TPSA) is 47.0 Å². The largest absolute Gasteiger partial charge is 0.573 e. The number of anilines is 2. The van der Waals surface area contributed by atoms with Crippen LogP contribution in [0.2, 0.25) is 0 Å². The van der Waals surface area contributed by atoms with Crippen LogP contribution in [0.5, 0.6) is 5.75 Å². The molecule has 0 saturated heterocycles. The molecule has 0 aliphatic rings. The van der Waals surface area contributed by atoms with Crippen LogP contribution in [0.3, 0.4) is 0 Å². The Morgan fingerprint density at radius 3 is 2.19 bits per heavy atom. The first-order chi connectivity index (χ1) is 12.3. The summed E-state index contributed by atoms with van der Waals surface area (Å²) in [5.74, 6) is 0.292. The molecule has 1 heterocycles. The van der Waals surface area contributed by atoms with E-state index in [1.807, 2.05) is 0 Å². The molecule has 1 N–H and O–H groups in total. The molecule has 0 fully saturated rings. The van der Waals surface area contributed by atoms with Gasteiger partial charge in [-0.05, 0) is 55.5 Å². The van der Waals surface area contributed by atoms with Crippen LogP contribution in [0.4, 0.5) is 29.1 Å². The first-order valence-corrected chi connectivity index (χ1v) is 7.53. The summed E-state index contributed by atoms with van der Waals surface area (Å²) >= 11 is 0. The first-order valence-electron chi connectivity index (χ1n) is 7.53. The van der Waals surface area contributed by atoms with Crippen LogP contribution in [-0.2, 0) is 0 Å². The van der Waals surface area contributed by atoms with Gasteiger partial charge in [-0.2, -0.15) is 0 Å². The van der Waals surface area contributed by atoms with Gasteiger partial charge in [-0.15, -0.1) is 13.2 Å². The molecule has 4 nitrogen and oxygen atoms in total. The van der Waals surface area contributed by atoms with Gasteiger partial charge in [-0.25, -0.2) is 14.4 Å². The monoisotopic (exact) mass is 363 g/mol. The van der Waals surface area contributed by atoms with Crippen LogP contribution in [-0.4, -0.2) is 16.3 Å². The maximum absolute atomic E-state index is 13.1. The maximum atomic E-state index is 13.1. The van der Waals surface area contributed by atoms with Crippen molar-refractivity contribution in [2.45, 2.75) is 13.3 Å². The van der Waals surface area contributed by atoms with E-state index in [2.05, 4.69) is 20.0 Å². The lowest BCUT2D eigenvalue weighted by Gasteiger charge is -2.11. The minimum absolute atomic E-state index is 0.311. The second-order valence-electron chi connectivity index (χ2n) is 5.39. The Hall–Kier alpha value is -3.16. The molecule has 1 aromatic heterocycles. The fraction of sp³-hybridized carbons (Fsp3) is 0.111. The second kappa shape index (κ2) is 6.99. The van der Waals surface area contributed by atoms with E-state index in [-0.39, 0.29) is 11.6 Å². The van der Waals surface area contributed by atoms with Gasteiger partial charge < -0.3 is 10.1 Å². The van der Waals surface area contributed by atoms with E-state index in [9.17, 15) is 17.6 Å². The van der Waals surface area contributed by atoms with Crippen molar-refractivity contribution in [1.29, 1.82) is 0 Å². The van der Waals surface area contributed by atoms with E-state index in [1.165, 1.54) is 36.4 Å². The van der Waals surface area contributed by atoms with Gasteiger partial charge in [0, 0.05) is 17.3 Å². The maximum Gasteiger partial charge on any atom is 0.573 e. The fourth-order valence-corrected chi connectivity index (χ4v) is 2.29. The van der Waals surface area contributed by atoms with Gasteiger partial charge in [0.2, 0.25) is 0 Å². The summed E-state index contributed by atoms with van der Waals surface area (Å²) in [6.45, 7) is 1.71. The van der Waals surface area contributed by atoms with E-state index in [0.717, 1.165) is 0 Å². The number of alkyl halides is 3. The molecule has 3 aromatic rings. The summed E-state index contributed by atoms with van der Waals surface area (Å²) in [4.78, 5) is 8.56. The molecule has 0 aliphatic carbocycles. The Morgan fingerprint density at radius 1 is 0.923 bits per heavy atom. The third kappa shape index (κ3) is 4.69. The van der Waals surface area contributed by atoms with Crippen LogP contribution in [0.15, 0.2) is 54.6 Å². The molecule has 8 heteroatoms. The average Bonchev–Trinajstić information content (AvgIpc) is 2.55.